The third-order valence-corrected chi connectivity index (χ3v) is 4.99. The van der Waals surface area contributed by atoms with Crippen molar-refractivity contribution in [3.63, 3.8) is 0 Å². The molecule has 1 aromatic heterocycles. The maximum absolute atomic E-state index is 13.9. The summed E-state index contributed by atoms with van der Waals surface area (Å²) in [5.41, 5.74) is 2.78. The van der Waals surface area contributed by atoms with E-state index in [0.29, 0.717) is 29.2 Å². The lowest BCUT2D eigenvalue weighted by atomic mass is 10.1. The van der Waals surface area contributed by atoms with Crippen molar-refractivity contribution in [2.45, 2.75) is 26.4 Å². The molecule has 1 amide bonds. The molecule has 0 aliphatic carbocycles. The Morgan fingerprint density at radius 3 is 2.66 bits per heavy atom. The van der Waals surface area contributed by atoms with Crippen LogP contribution in [0.2, 0.25) is 0 Å². The molecule has 3 rings (SSSR count). The van der Waals surface area contributed by atoms with E-state index >= 15 is 0 Å². The first-order valence-electron chi connectivity index (χ1n) is 9.17. The summed E-state index contributed by atoms with van der Waals surface area (Å²) in [4.78, 5) is 14.1. The van der Waals surface area contributed by atoms with E-state index in [0.717, 1.165) is 11.1 Å². The van der Waals surface area contributed by atoms with Gasteiger partial charge in [-0.2, -0.15) is 5.10 Å². The number of hydrogen-bond acceptors (Lipinski definition) is 4. The summed E-state index contributed by atoms with van der Waals surface area (Å²) >= 11 is 5.33. The molecule has 1 N–H and O–H groups in total. The number of halogens is 1. The summed E-state index contributed by atoms with van der Waals surface area (Å²) in [6.07, 6.45) is 0.252. The number of methoxy groups -OCH3 is 1. The fourth-order valence-corrected chi connectivity index (χ4v) is 3.24. The fourth-order valence-electron chi connectivity index (χ4n) is 3.02. The van der Waals surface area contributed by atoms with Crippen LogP contribution in [-0.2, 0) is 17.9 Å². The van der Waals surface area contributed by atoms with Gasteiger partial charge in [-0.25, -0.2) is 4.39 Å². The van der Waals surface area contributed by atoms with E-state index in [1.165, 1.54) is 13.2 Å². The number of amides is 1. The highest BCUT2D eigenvalue weighted by Gasteiger charge is 2.14. The van der Waals surface area contributed by atoms with Gasteiger partial charge in [0.05, 0.1) is 7.11 Å². The van der Waals surface area contributed by atoms with Crippen molar-refractivity contribution < 1.29 is 13.9 Å². The molecule has 8 heteroatoms. The molecule has 0 aliphatic heterocycles. The van der Waals surface area contributed by atoms with Gasteiger partial charge in [0.25, 0.3) is 0 Å². The zero-order valence-corrected chi connectivity index (χ0v) is 17.4. The van der Waals surface area contributed by atoms with Crippen LogP contribution in [0.1, 0.15) is 17.5 Å². The molecule has 0 radical (unpaired) electrons. The monoisotopic (exact) mass is 414 g/mol. The maximum Gasteiger partial charge on any atom is 0.224 e. The molecule has 0 spiro atoms. The quantitative estimate of drug-likeness (QED) is 0.591. The molecule has 0 fully saturated rings. The minimum absolute atomic E-state index is 0.0702. The van der Waals surface area contributed by atoms with Gasteiger partial charge in [0.1, 0.15) is 0 Å². The number of carbonyl (C=O) groups excluding carboxylic acids is 1. The Bertz CT molecular complexity index is 1060. The van der Waals surface area contributed by atoms with E-state index in [2.05, 4.69) is 10.2 Å². The summed E-state index contributed by atoms with van der Waals surface area (Å²) < 4.78 is 21.1. The van der Waals surface area contributed by atoms with E-state index in [1.54, 1.807) is 24.1 Å². The zero-order chi connectivity index (χ0) is 21.0. The van der Waals surface area contributed by atoms with Gasteiger partial charge in [-0.15, -0.1) is 0 Å². The number of aromatic nitrogens is 3. The Morgan fingerprint density at radius 2 is 2.00 bits per heavy atom. The number of aryl methyl sites for hydroxylation is 1. The van der Waals surface area contributed by atoms with Gasteiger partial charge in [0.2, 0.25) is 5.91 Å². The molecule has 152 valence electrons. The second-order valence-electron chi connectivity index (χ2n) is 6.84. The number of benzene rings is 2. The molecule has 0 bridgehead atoms. The van der Waals surface area contributed by atoms with Crippen molar-refractivity contribution in [2.24, 2.45) is 0 Å². The number of nitrogens with one attached hydrogen (secondary N) is 1. The summed E-state index contributed by atoms with van der Waals surface area (Å²) in [5, 5.41) is 7.10. The highest BCUT2D eigenvalue weighted by molar-refractivity contribution is 7.71. The molecular formula is C21H23FN4O2S. The van der Waals surface area contributed by atoms with Crippen LogP contribution in [-0.4, -0.2) is 39.7 Å². The van der Waals surface area contributed by atoms with E-state index in [9.17, 15) is 9.18 Å². The lowest BCUT2D eigenvalue weighted by Crippen LogP contribution is -2.27. The average molecular weight is 415 g/mol. The molecule has 3 aromatic rings. The number of hydrogen-bond donors (Lipinski definition) is 1. The zero-order valence-electron chi connectivity index (χ0n) is 16.6. The van der Waals surface area contributed by atoms with Gasteiger partial charge in [-0.1, -0.05) is 35.9 Å². The van der Waals surface area contributed by atoms with Crippen LogP contribution in [0.3, 0.4) is 0 Å². The van der Waals surface area contributed by atoms with Crippen LogP contribution < -0.4 is 4.74 Å². The highest BCUT2D eigenvalue weighted by Crippen LogP contribution is 2.20. The molecule has 0 saturated carbocycles. The molecule has 6 nitrogen and oxygen atoms in total. The second kappa shape index (κ2) is 9.00. The van der Waals surface area contributed by atoms with E-state index in [1.807, 2.05) is 35.8 Å². The van der Waals surface area contributed by atoms with Gasteiger partial charge in [0, 0.05) is 32.1 Å². The van der Waals surface area contributed by atoms with E-state index in [-0.39, 0.29) is 18.1 Å². The van der Waals surface area contributed by atoms with Crippen molar-refractivity contribution >= 4 is 18.1 Å². The SMILES string of the molecule is COc1ccc(CN(C)C(=O)CCn2c(-c3ccc(C)cc3)n[nH]c2=S)cc1F. The maximum atomic E-state index is 13.9. The normalized spacial score (nSPS) is 10.8. The predicted molar refractivity (Wildman–Crippen MR) is 112 cm³/mol. The number of ether oxygens (including phenoxy) is 1. The lowest BCUT2D eigenvalue weighted by Gasteiger charge is -2.18. The Labute approximate surface area is 173 Å². The number of aromatic amines is 1. The third kappa shape index (κ3) is 4.89. The van der Waals surface area contributed by atoms with Crippen LogP contribution in [0, 0.1) is 17.5 Å². The van der Waals surface area contributed by atoms with Gasteiger partial charge in [-0.05, 0) is 36.8 Å². The molecular weight excluding hydrogens is 391 g/mol. The molecule has 2 aromatic carbocycles. The van der Waals surface area contributed by atoms with Crippen LogP contribution in [0.4, 0.5) is 4.39 Å². The van der Waals surface area contributed by atoms with Crippen LogP contribution in [0.25, 0.3) is 11.4 Å². The number of carbonyl (C=O) groups is 1. The first-order chi connectivity index (χ1) is 13.9. The Kier molecular flexibility index (Phi) is 6.43. The number of rotatable bonds is 7. The summed E-state index contributed by atoms with van der Waals surface area (Å²) in [6.45, 7) is 2.73. The molecule has 0 saturated heterocycles. The van der Waals surface area contributed by atoms with E-state index < -0.39 is 5.82 Å². The van der Waals surface area contributed by atoms with Crippen molar-refractivity contribution in [3.8, 4) is 17.1 Å². The van der Waals surface area contributed by atoms with Crippen LogP contribution in [0.15, 0.2) is 42.5 Å². The summed E-state index contributed by atoms with van der Waals surface area (Å²) in [5.74, 6) is 0.362. The Hall–Kier alpha value is -3.00. The molecule has 0 atom stereocenters. The molecule has 0 unspecified atom stereocenters. The predicted octanol–water partition coefficient (Wildman–Crippen LogP) is 4.11. The summed E-state index contributed by atoms with van der Waals surface area (Å²) in [7, 11) is 3.11. The van der Waals surface area contributed by atoms with Gasteiger partial charge >= 0.3 is 0 Å². The minimum atomic E-state index is -0.446. The van der Waals surface area contributed by atoms with E-state index in [4.69, 9.17) is 17.0 Å². The largest absolute Gasteiger partial charge is 0.494 e. The minimum Gasteiger partial charge on any atom is -0.494 e. The third-order valence-electron chi connectivity index (χ3n) is 4.68. The number of nitrogens with zero attached hydrogens (tertiary/aromatic N) is 3. The standard InChI is InChI=1S/C21H23FN4O2S/c1-14-4-7-16(8-5-14)20-23-24-21(29)26(20)11-10-19(27)25(2)13-15-6-9-18(28-3)17(22)12-15/h4-9,12H,10-11,13H2,1-3H3,(H,24,29). The molecule has 0 aliphatic rings. The van der Waals surface area contributed by atoms with Crippen molar-refractivity contribution in [3.05, 3.63) is 64.2 Å². The van der Waals surface area contributed by atoms with Crippen molar-refractivity contribution in [2.75, 3.05) is 14.2 Å². The van der Waals surface area contributed by atoms with Crippen LogP contribution in [0.5, 0.6) is 5.75 Å². The topological polar surface area (TPSA) is 63.1 Å². The first kappa shape index (κ1) is 20.7. The van der Waals surface area contributed by atoms with Gasteiger partial charge < -0.3 is 9.64 Å². The highest BCUT2D eigenvalue weighted by atomic mass is 32.1. The number of H-pyrrole nitrogens is 1. The Balaban J connectivity index is 1.66. The average Bonchev–Trinajstić information content (AvgIpc) is 3.07. The van der Waals surface area contributed by atoms with Gasteiger partial charge in [0.15, 0.2) is 22.2 Å². The molecule has 1 heterocycles. The fraction of sp³-hybridized carbons (Fsp3) is 0.286. The van der Waals surface area contributed by atoms with Crippen molar-refractivity contribution in [1.29, 1.82) is 0 Å². The van der Waals surface area contributed by atoms with Crippen molar-refractivity contribution in [1.82, 2.24) is 19.7 Å². The van der Waals surface area contributed by atoms with Gasteiger partial charge in [-0.3, -0.25) is 14.5 Å². The lowest BCUT2D eigenvalue weighted by molar-refractivity contribution is -0.130. The smallest absolute Gasteiger partial charge is 0.224 e. The Morgan fingerprint density at radius 1 is 1.28 bits per heavy atom. The first-order valence-corrected chi connectivity index (χ1v) is 9.58. The summed E-state index contributed by atoms with van der Waals surface area (Å²) in [6, 6.07) is 12.6. The second-order valence-corrected chi connectivity index (χ2v) is 7.23. The molecule has 29 heavy (non-hydrogen) atoms. The van der Waals surface area contributed by atoms with Crippen LogP contribution >= 0.6 is 12.2 Å².